The predicted octanol–water partition coefficient (Wildman–Crippen LogP) is 3.51. The van der Waals surface area contributed by atoms with Crippen molar-refractivity contribution in [3.8, 4) is 0 Å². The molecule has 0 spiro atoms. The highest BCUT2D eigenvalue weighted by Crippen LogP contribution is 2.28. The summed E-state index contributed by atoms with van der Waals surface area (Å²) in [6, 6.07) is 0.785. The molecule has 0 amide bonds. The molecular weight excluding hydrogens is 170 g/mol. The lowest BCUT2D eigenvalue weighted by Crippen LogP contribution is -2.38. The van der Waals surface area contributed by atoms with Gasteiger partial charge in [-0.2, -0.15) is 0 Å². The summed E-state index contributed by atoms with van der Waals surface area (Å²) in [6.45, 7) is 9.47. The van der Waals surface area contributed by atoms with Crippen molar-refractivity contribution in [3.05, 3.63) is 12.2 Å². The average Bonchev–Trinajstić information content (AvgIpc) is 2.17. The maximum absolute atomic E-state index is 3.99. The third kappa shape index (κ3) is 3.83. The van der Waals surface area contributed by atoms with Crippen molar-refractivity contribution in [1.29, 1.82) is 0 Å². The van der Waals surface area contributed by atoms with Crippen molar-refractivity contribution in [1.82, 2.24) is 5.32 Å². The molecule has 14 heavy (non-hydrogen) atoms. The lowest BCUT2D eigenvalue weighted by molar-refractivity contribution is 0.252. The Kier molecular flexibility index (Phi) is 5.24. The summed E-state index contributed by atoms with van der Waals surface area (Å²) in [5, 5.41) is 3.63. The Labute approximate surface area is 89.0 Å². The van der Waals surface area contributed by atoms with E-state index < -0.39 is 0 Å². The first-order valence-corrected chi connectivity index (χ1v) is 6.11. The number of nitrogens with one attached hydrogen (secondary N) is 1. The highest BCUT2D eigenvalue weighted by atomic mass is 14.9. The van der Waals surface area contributed by atoms with Crippen molar-refractivity contribution in [2.75, 3.05) is 6.54 Å². The molecular formula is C13H25N. The molecule has 1 N–H and O–H groups in total. The number of allylic oxidation sites excluding steroid dienone is 1. The molecule has 1 fully saturated rings. The predicted molar refractivity (Wildman–Crippen MR) is 63.5 cm³/mol. The van der Waals surface area contributed by atoms with Crippen LogP contribution in [0.25, 0.3) is 0 Å². The molecule has 1 heteroatoms. The van der Waals surface area contributed by atoms with Crippen LogP contribution in [0, 0.1) is 5.92 Å². The van der Waals surface area contributed by atoms with Crippen LogP contribution in [0.5, 0.6) is 0 Å². The van der Waals surface area contributed by atoms with E-state index in [0.717, 1.165) is 18.5 Å². The van der Waals surface area contributed by atoms with Gasteiger partial charge in [-0.25, -0.2) is 0 Å². The lowest BCUT2D eigenvalue weighted by atomic mass is 9.81. The van der Waals surface area contributed by atoms with Gasteiger partial charge >= 0.3 is 0 Å². The molecule has 1 aliphatic rings. The minimum atomic E-state index is 0.785. The smallest absolute Gasteiger partial charge is 0.00953 e. The van der Waals surface area contributed by atoms with Gasteiger partial charge in [-0.3, -0.25) is 0 Å². The van der Waals surface area contributed by atoms with Crippen LogP contribution >= 0.6 is 0 Å². The third-order valence-electron chi connectivity index (χ3n) is 3.32. The monoisotopic (exact) mass is 195 g/mol. The van der Waals surface area contributed by atoms with E-state index in [-0.39, 0.29) is 0 Å². The first-order valence-electron chi connectivity index (χ1n) is 6.11. The van der Waals surface area contributed by atoms with Crippen LogP contribution in [-0.2, 0) is 0 Å². The van der Waals surface area contributed by atoms with Crippen molar-refractivity contribution in [3.63, 3.8) is 0 Å². The largest absolute Gasteiger partial charge is 0.314 e. The van der Waals surface area contributed by atoms with E-state index >= 15 is 0 Å². The molecule has 0 aromatic carbocycles. The van der Waals surface area contributed by atoms with E-state index in [1.807, 2.05) is 0 Å². The Morgan fingerprint density at radius 1 is 1.36 bits per heavy atom. The molecule has 2 unspecified atom stereocenters. The minimum absolute atomic E-state index is 0.785. The topological polar surface area (TPSA) is 12.0 Å². The average molecular weight is 195 g/mol. The summed E-state index contributed by atoms with van der Waals surface area (Å²) in [6.07, 6.45) is 8.21. The standard InChI is InChI=1S/C13H25N/c1-4-14-13-8-6-5-7-12(13)10-9-11(2)3/h12-14H,2,4-10H2,1,3H3. The van der Waals surface area contributed by atoms with Gasteiger partial charge in [0.2, 0.25) is 0 Å². The highest BCUT2D eigenvalue weighted by molar-refractivity contribution is 4.90. The fraction of sp³-hybridized carbons (Fsp3) is 0.846. The summed E-state index contributed by atoms with van der Waals surface area (Å²) in [5.41, 5.74) is 1.34. The fourth-order valence-corrected chi connectivity index (χ4v) is 2.52. The Balaban J connectivity index is 2.33. The molecule has 1 nitrogen and oxygen atoms in total. The van der Waals surface area contributed by atoms with Gasteiger partial charge < -0.3 is 5.32 Å². The molecule has 0 heterocycles. The summed E-state index contributed by atoms with van der Waals surface area (Å²) in [5.74, 6) is 0.903. The van der Waals surface area contributed by atoms with Gasteiger partial charge in [-0.1, -0.05) is 25.3 Å². The molecule has 0 radical (unpaired) electrons. The molecule has 0 saturated heterocycles. The van der Waals surface area contributed by atoms with Gasteiger partial charge in [0.15, 0.2) is 0 Å². The molecule has 0 bridgehead atoms. The molecule has 1 rings (SSSR count). The van der Waals surface area contributed by atoms with Gasteiger partial charge in [0.25, 0.3) is 0 Å². The van der Waals surface area contributed by atoms with Crippen LogP contribution in [-0.4, -0.2) is 12.6 Å². The van der Waals surface area contributed by atoms with E-state index in [1.165, 1.54) is 44.1 Å². The van der Waals surface area contributed by atoms with E-state index in [2.05, 4.69) is 25.7 Å². The molecule has 82 valence electrons. The molecule has 0 aromatic rings. The van der Waals surface area contributed by atoms with Crippen LogP contribution in [0.15, 0.2) is 12.2 Å². The zero-order valence-electron chi connectivity index (χ0n) is 9.81. The van der Waals surface area contributed by atoms with Gasteiger partial charge in [-0.05, 0) is 45.1 Å². The van der Waals surface area contributed by atoms with Gasteiger partial charge in [0.05, 0.1) is 0 Å². The Morgan fingerprint density at radius 2 is 2.07 bits per heavy atom. The quantitative estimate of drug-likeness (QED) is 0.662. The number of rotatable bonds is 5. The van der Waals surface area contributed by atoms with Crippen molar-refractivity contribution < 1.29 is 0 Å². The summed E-state index contributed by atoms with van der Waals surface area (Å²) < 4.78 is 0. The van der Waals surface area contributed by atoms with Crippen molar-refractivity contribution >= 4 is 0 Å². The Hall–Kier alpha value is -0.300. The van der Waals surface area contributed by atoms with Gasteiger partial charge in [0.1, 0.15) is 0 Å². The van der Waals surface area contributed by atoms with E-state index in [1.54, 1.807) is 0 Å². The molecule has 1 aliphatic carbocycles. The molecule has 2 atom stereocenters. The van der Waals surface area contributed by atoms with Crippen LogP contribution in [0.3, 0.4) is 0 Å². The van der Waals surface area contributed by atoms with Crippen molar-refractivity contribution in [2.45, 2.75) is 58.4 Å². The van der Waals surface area contributed by atoms with Crippen LogP contribution in [0.4, 0.5) is 0 Å². The van der Waals surface area contributed by atoms with E-state index in [0.29, 0.717) is 0 Å². The Morgan fingerprint density at radius 3 is 2.71 bits per heavy atom. The highest BCUT2D eigenvalue weighted by Gasteiger charge is 2.23. The zero-order valence-corrected chi connectivity index (χ0v) is 9.81. The molecule has 1 saturated carbocycles. The normalized spacial score (nSPS) is 27.6. The number of hydrogen-bond acceptors (Lipinski definition) is 1. The maximum atomic E-state index is 3.99. The SMILES string of the molecule is C=C(C)CCC1CCCCC1NCC. The van der Waals surface area contributed by atoms with Crippen LogP contribution < -0.4 is 5.32 Å². The second-order valence-electron chi connectivity index (χ2n) is 4.70. The molecule has 0 aliphatic heterocycles. The Bertz CT molecular complexity index is 172. The van der Waals surface area contributed by atoms with Gasteiger partial charge in [-0.15, -0.1) is 6.58 Å². The fourth-order valence-electron chi connectivity index (χ4n) is 2.52. The lowest BCUT2D eigenvalue weighted by Gasteiger charge is -2.32. The first-order chi connectivity index (χ1) is 6.74. The van der Waals surface area contributed by atoms with Crippen LogP contribution in [0.2, 0.25) is 0 Å². The summed E-state index contributed by atoms with van der Waals surface area (Å²) in [4.78, 5) is 0. The summed E-state index contributed by atoms with van der Waals surface area (Å²) in [7, 11) is 0. The first kappa shape index (κ1) is 11.8. The zero-order chi connectivity index (χ0) is 10.4. The number of hydrogen-bond donors (Lipinski definition) is 1. The molecule has 0 aromatic heterocycles. The van der Waals surface area contributed by atoms with E-state index in [9.17, 15) is 0 Å². The minimum Gasteiger partial charge on any atom is -0.314 e. The van der Waals surface area contributed by atoms with Crippen LogP contribution in [0.1, 0.15) is 52.4 Å². The second-order valence-corrected chi connectivity index (χ2v) is 4.70. The third-order valence-corrected chi connectivity index (χ3v) is 3.32. The maximum Gasteiger partial charge on any atom is 0.00953 e. The second kappa shape index (κ2) is 6.23. The summed E-state index contributed by atoms with van der Waals surface area (Å²) >= 11 is 0. The van der Waals surface area contributed by atoms with Gasteiger partial charge in [0, 0.05) is 6.04 Å². The van der Waals surface area contributed by atoms with E-state index in [4.69, 9.17) is 0 Å². The van der Waals surface area contributed by atoms with Crippen molar-refractivity contribution in [2.24, 2.45) is 5.92 Å².